The Balaban J connectivity index is 1.87. The molecule has 0 atom stereocenters. The first-order chi connectivity index (χ1) is 9.74. The molecule has 5 nitrogen and oxygen atoms in total. The molecule has 0 spiro atoms. The molecule has 0 bridgehead atoms. The Hall–Kier alpha value is -0.670. The van der Waals surface area contributed by atoms with E-state index >= 15 is 0 Å². The zero-order valence-corrected chi connectivity index (χ0v) is 14.6. The molecule has 1 aromatic carbocycles. The molecule has 3 rings (SSSR count). The molecule has 2 aromatic rings. The highest BCUT2D eigenvalue weighted by Crippen LogP contribution is 2.28. The number of H-pyrrole nitrogens is 1. The Labute approximate surface area is 139 Å². The van der Waals surface area contributed by atoms with Crippen LogP contribution < -0.4 is 10.2 Å². The zero-order chi connectivity index (χ0) is 13.9. The van der Waals surface area contributed by atoms with Crippen LogP contribution in [0.4, 0.5) is 5.95 Å². The summed E-state index contributed by atoms with van der Waals surface area (Å²) in [4.78, 5) is 6.87. The first-order valence-electron chi connectivity index (χ1n) is 6.57. The van der Waals surface area contributed by atoms with Crippen LogP contribution in [0.5, 0.6) is 0 Å². The summed E-state index contributed by atoms with van der Waals surface area (Å²) in [6.45, 7) is 4.00. The summed E-state index contributed by atoms with van der Waals surface area (Å²) in [5.74, 6) is 1.59. The van der Waals surface area contributed by atoms with E-state index in [1.165, 1.54) is 3.57 Å². The Bertz CT molecular complexity index is 592. The Morgan fingerprint density at radius 1 is 1.25 bits per heavy atom. The van der Waals surface area contributed by atoms with E-state index in [1.54, 1.807) is 0 Å². The summed E-state index contributed by atoms with van der Waals surface area (Å²) in [5, 5.41) is 10.8. The molecule has 2 N–H and O–H groups in total. The third-order valence-electron chi connectivity index (χ3n) is 3.28. The zero-order valence-electron chi connectivity index (χ0n) is 10.9. The largest absolute Gasteiger partial charge is 0.338 e. The average molecular weight is 448 g/mol. The smallest absolute Gasteiger partial charge is 0.245 e. The van der Waals surface area contributed by atoms with Gasteiger partial charge in [0.05, 0.1) is 0 Å². The van der Waals surface area contributed by atoms with E-state index in [2.05, 4.69) is 76.1 Å². The van der Waals surface area contributed by atoms with Crippen molar-refractivity contribution in [3.63, 3.8) is 0 Å². The number of nitrogens with one attached hydrogen (secondary N) is 2. The summed E-state index contributed by atoms with van der Waals surface area (Å²) in [6, 6.07) is 6.19. The van der Waals surface area contributed by atoms with E-state index in [4.69, 9.17) is 0 Å². The molecular weight excluding hydrogens is 433 g/mol. The highest BCUT2D eigenvalue weighted by molar-refractivity contribution is 14.1. The fourth-order valence-corrected chi connectivity index (χ4v) is 3.17. The molecule has 106 valence electrons. The van der Waals surface area contributed by atoms with Crippen molar-refractivity contribution in [3.05, 3.63) is 26.2 Å². The van der Waals surface area contributed by atoms with Crippen molar-refractivity contribution >= 4 is 44.5 Å². The van der Waals surface area contributed by atoms with Crippen molar-refractivity contribution in [2.75, 3.05) is 31.1 Å². The van der Waals surface area contributed by atoms with E-state index in [0.717, 1.165) is 54.4 Å². The third kappa shape index (κ3) is 3.15. The van der Waals surface area contributed by atoms with Gasteiger partial charge in [-0.3, -0.25) is 5.10 Å². The summed E-state index contributed by atoms with van der Waals surface area (Å²) >= 11 is 5.87. The Morgan fingerprint density at radius 2 is 2.15 bits per heavy atom. The molecule has 0 unspecified atom stereocenters. The van der Waals surface area contributed by atoms with Crippen LogP contribution in [-0.4, -0.2) is 41.4 Å². The van der Waals surface area contributed by atoms with Crippen LogP contribution in [0, 0.1) is 3.57 Å². The molecule has 7 heteroatoms. The molecule has 1 aliphatic heterocycles. The lowest BCUT2D eigenvalue weighted by Gasteiger charge is -2.16. The lowest BCUT2D eigenvalue weighted by atomic mass is 10.2. The van der Waals surface area contributed by atoms with Crippen LogP contribution in [0.2, 0.25) is 0 Å². The predicted molar refractivity (Wildman–Crippen MR) is 91.9 cm³/mol. The molecule has 0 saturated carbocycles. The number of rotatable bonds is 2. The number of halogens is 2. The number of nitrogens with zero attached hydrogens (tertiary/aromatic N) is 3. The van der Waals surface area contributed by atoms with Gasteiger partial charge in [0.15, 0.2) is 5.82 Å². The first kappa shape index (κ1) is 14.3. The lowest BCUT2D eigenvalue weighted by molar-refractivity contribution is 0.724. The van der Waals surface area contributed by atoms with Gasteiger partial charge in [-0.2, -0.15) is 4.98 Å². The fraction of sp³-hybridized carbons (Fsp3) is 0.385. The molecule has 1 fully saturated rings. The number of hydrogen-bond acceptors (Lipinski definition) is 4. The van der Waals surface area contributed by atoms with Crippen molar-refractivity contribution in [2.24, 2.45) is 0 Å². The molecule has 0 aliphatic carbocycles. The van der Waals surface area contributed by atoms with Gasteiger partial charge in [-0.1, -0.05) is 15.9 Å². The lowest BCUT2D eigenvalue weighted by Crippen LogP contribution is -2.28. The molecule has 1 aromatic heterocycles. The highest BCUT2D eigenvalue weighted by Gasteiger charge is 2.16. The number of anilines is 1. The maximum absolute atomic E-state index is 4.65. The van der Waals surface area contributed by atoms with Gasteiger partial charge in [0.1, 0.15) is 0 Å². The average Bonchev–Trinajstić information content (AvgIpc) is 2.77. The standard InChI is InChI=1S/C13H15BrIN5/c14-11-3-2-9(15)8-10(11)12-17-13(19-18-12)20-6-1-4-16-5-7-20/h2-3,8,16H,1,4-7H2,(H,17,18,19). The molecule has 0 amide bonds. The normalized spacial score (nSPS) is 16.2. The minimum absolute atomic E-state index is 0.787. The SMILES string of the molecule is Brc1ccc(I)cc1-c1nc(N2CCCNCC2)n[nH]1. The maximum atomic E-state index is 4.65. The number of aromatic amines is 1. The second-order valence-electron chi connectivity index (χ2n) is 4.70. The van der Waals surface area contributed by atoms with Gasteiger partial charge in [0.2, 0.25) is 5.95 Å². The minimum atomic E-state index is 0.787. The summed E-state index contributed by atoms with van der Waals surface area (Å²) in [6.07, 6.45) is 1.12. The summed E-state index contributed by atoms with van der Waals surface area (Å²) < 4.78 is 2.20. The van der Waals surface area contributed by atoms with E-state index in [1.807, 2.05) is 6.07 Å². The molecule has 1 saturated heterocycles. The highest BCUT2D eigenvalue weighted by atomic mass is 127. The van der Waals surface area contributed by atoms with Gasteiger partial charge in [0.25, 0.3) is 0 Å². The van der Waals surface area contributed by atoms with Crippen LogP contribution in [0.3, 0.4) is 0 Å². The van der Waals surface area contributed by atoms with Crippen LogP contribution in [0.15, 0.2) is 22.7 Å². The molecule has 20 heavy (non-hydrogen) atoms. The van der Waals surface area contributed by atoms with E-state index in [0.29, 0.717) is 0 Å². The molecule has 1 aliphatic rings. The monoisotopic (exact) mass is 447 g/mol. The second-order valence-corrected chi connectivity index (χ2v) is 6.80. The van der Waals surface area contributed by atoms with Gasteiger partial charge in [0, 0.05) is 33.2 Å². The Morgan fingerprint density at radius 3 is 3.05 bits per heavy atom. The van der Waals surface area contributed by atoms with E-state index < -0.39 is 0 Å². The first-order valence-corrected chi connectivity index (χ1v) is 8.45. The molecule has 2 heterocycles. The van der Waals surface area contributed by atoms with E-state index in [-0.39, 0.29) is 0 Å². The molecule has 0 radical (unpaired) electrons. The van der Waals surface area contributed by atoms with Gasteiger partial charge in [-0.05, 0) is 53.8 Å². The van der Waals surface area contributed by atoms with Crippen molar-refractivity contribution in [1.29, 1.82) is 0 Å². The van der Waals surface area contributed by atoms with Crippen molar-refractivity contribution in [2.45, 2.75) is 6.42 Å². The third-order valence-corrected chi connectivity index (χ3v) is 4.64. The fourth-order valence-electron chi connectivity index (χ4n) is 2.24. The quantitative estimate of drug-likeness (QED) is 0.695. The Kier molecular flexibility index (Phi) is 4.57. The van der Waals surface area contributed by atoms with Crippen molar-refractivity contribution < 1.29 is 0 Å². The van der Waals surface area contributed by atoms with Crippen molar-refractivity contribution in [1.82, 2.24) is 20.5 Å². The summed E-state index contributed by atoms with van der Waals surface area (Å²) in [7, 11) is 0. The van der Waals surface area contributed by atoms with Gasteiger partial charge < -0.3 is 10.2 Å². The second kappa shape index (κ2) is 6.40. The van der Waals surface area contributed by atoms with Crippen LogP contribution in [-0.2, 0) is 0 Å². The molecular formula is C13H15BrIN5. The number of benzene rings is 1. The van der Waals surface area contributed by atoms with Crippen LogP contribution >= 0.6 is 38.5 Å². The van der Waals surface area contributed by atoms with Gasteiger partial charge in [-0.25, -0.2) is 0 Å². The van der Waals surface area contributed by atoms with Crippen molar-refractivity contribution in [3.8, 4) is 11.4 Å². The van der Waals surface area contributed by atoms with Gasteiger partial charge in [-0.15, -0.1) is 5.10 Å². The predicted octanol–water partition coefficient (Wildman–Crippen LogP) is 2.64. The minimum Gasteiger partial charge on any atom is -0.338 e. The van der Waals surface area contributed by atoms with Gasteiger partial charge >= 0.3 is 0 Å². The van der Waals surface area contributed by atoms with Crippen LogP contribution in [0.1, 0.15) is 6.42 Å². The van der Waals surface area contributed by atoms with Crippen LogP contribution in [0.25, 0.3) is 11.4 Å². The summed E-state index contributed by atoms with van der Waals surface area (Å²) in [5.41, 5.74) is 1.04. The number of hydrogen-bond donors (Lipinski definition) is 2. The topological polar surface area (TPSA) is 56.8 Å². The maximum Gasteiger partial charge on any atom is 0.245 e. The number of aromatic nitrogens is 3. The van der Waals surface area contributed by atoms with E-state index in [9.17, 15) is 0 Å².